The molecular weight excluding hydrogens is 733 g/mol. The van der Waals surface area contributed by atoms with Crippen LogP contribution >= 0.6 is 19.4 Å². The van der Waals surface area contributed by atoms with Crippen LogP contribution in [0.3, 0.4) is 0 Å². The van der Waals surface area contributed by atoms with Crippen LogP contribution in [0.4, 0.5) is 0 Å². The van der Waals surface area contributed by atoms with Gasteiger partial charge in [0.05, 0.1) is 34.4 Å². The van der Waals surface area contributed by atoms with E-state index >= 15 is 0 Å². The predicted molar refractivity (Wildman–Crippen MR) is 224 cm³/mol. The molecule has 3 aromatic carbocycles. The SMILES string of the molecule is CCCCCCCC/C=C\CCCCCCCC(=O)O[C@H](COC(c1ccccc1)(c1ccccc1)c1ccccc1Cl)COP(=O)(O)OCC[N+](C)(C)C. The molecule has 0 fully saturated rings. The Labute approximate surface area is 336 Å². The van der Waals surface area contributed by atoms with E-state index in [1.165, 1.54) is 44.9 Å². The minimum atomic E-state index is -4.46. The van der Waals surface area contributed by atoms with Gasteiger partial charge in [-0.2, -0.15) is 0 Å². The van der Waals surface area contributed by atoms with E-state index in [1.807, 2.05) is 106 Å². The number of carbonyl (C=O) groups is 1. The number of ether oxygens (including phenoxy) is 2. The Morgan fingerprint density at radius 2 is 1.27 bits per heavy atom. The summed E-state index contributed by atoms with van der Waals surface area (Å²) in [5.41, 5.74) is 1.11. The Hall–Kier alpha value is -2.81. The summed E-state index contributed by atoms with van der Waals surface area (Å²) in [5.74, 6) is -0.420. The number of benzene rings is 3. The third-order valence-corrected chi connectivity index (χ3v) is 10.8. The molecule has 3 aromatic rings. The van der Waals surface area contributed by atoms with Crippen molar-refractivity contribution in [2.24, 2.45) is 0 Å². The molecule has 0 heterocycles. The van der Waals surface area contributed by atoms with Crippen LogP contribution in [-0.4, -0.2) is 69.0 Å². The van der Waals surface area contributed by atoms with Crippen molar-refractivity contribution in [1.29, 1.82) is 0 Å². The summed E-state index contributed by atoms with van der Waals surface area (Å²) in [4.78, 5) is 23.8. The van der Waals surface area contributed by atoms with Crippen molar-refractivity contribution in [3.8, 4) is 0 Å². The maximum atomic E-state index is 13.3. The van der Waals surface area contributed by atoms with Gasteiger partial charge < -0.3 is 18.9 Å². The highest BCUT2D eigenvalue weighted by Gasteiger charge is 2.40. The van der Waals surface area contributed by atoms with Gasteiger partial charge in [-0.3, -0.25) is 13.8 Å². The van der Waals surface area contributed by atoms with Crippen LogP contribution in [0, 0.1) is 0 Å². The lowest BCUT2D eigenvalue weighted by Crippen LogP contribution is -2.38. The van der Waals surface area contributed by atoms with Crippen LogP contribution < -0.4 is 0 Å². The lowest BCUT2D eigenvalue weighted by Gasteiger charge is -2.37. The van der Waals surface area contributed by atoms with Crippen molar-refractivity contribution < 1.29 is 37.3 Å². The second-order valence-electron chi connectivity index (χ2n) is 15.3. The molecule has 3 rings (SSSR count). The molecule has 0 amide bonds. The fraction of sp³-hybridized carbons (Fsp3) is 0.533. The number of nitrogens with zero attached hydrogens (tertiary/aromatic N) is 1. The standard InChI is InChI=1S/C45H65ClNO7P/c1-5-6-7-8-9-10-11-12-13-14-15-16-17-18-25-34-44(48)54-41(38-53-55(49,50)52-36-35-47(2,3)4)37-51-45(39-28-21-19-22-29-39,40-30-23-20-24-31-40)42-32-26-27-33-43(42)46/h12-13,19-24,26-33,41H,5-11,14-18,25,34-38H2,1-4H3/p+1/b13-12-/t41-/m1/s1. The minimum absolute atomic E-state index is 0.0192. The van der Waals surface area contributed by atoms with Crippen LogP contribution in [0.25, 0.3) is 0 Å². The molecule has 0 aromatic heterocycles. The number of carbonyl (C=O) groups excluding carboxylic acids is 1. The molecule has 2 atom stereocenters. The Bertz CT molecular complexity index is 1520. The van der Waals surface area contributed by atoms with Crippen LogP contribution in [-0.2, 0) is 33.5 Å². The Kier molecular flexibility index (Phi) is 21.5. The predicted octanol–water partition coefficient (Wildman–Crippen LogP) is 11.4. The fourth-order valence-corrected chi connectivity index (χ4v) is 7.39. The minimum Gasteiger partial charge on any atom is -0.457 e. The number of rotatable bonds is 29. The number of phosphoric ester groups is 1. The zero-order chi connectivity index (χ0) is 39.8. The molecule has 304 valence electrons. The zero-order valence-corrected chi connectivity index (χ0v) is 35.4. The molecule has 55 heavy (non-hydrogen) atoms. The molecular formula is C45H66ClNO7P+. The molecule has 0 aliphatic heterocycles. The molecule has 0 radical (unpaired) electrons. The second-order valence-corrected chi connectivity index (χ2v) is 17.1. The first-order valence-electron chi connectivity index (χ1n) is 20.2. The largest absolute Gasteiger partial charge is 0.472 e. The van der Waals surface area contributed by atoms with Crippen molar-refractivity contribution >= 4 is 25.4 Å². The van der Waals surface area contributed by atoms with Gasteiger partial charge in [-0.1, -0.05) is 161 Å². The lowest BCUT2D eigenvalue weighted by molar-refractivity contribution is -0.870. The van der Waals surface area contributed by atoms with Gasteiger partial charge >= 0.3 is 13.8 Å². The summed E-state index contributed by atoms with van der Waals surface area (Å²) in [6, 6.07) is 26.9. The van der Waals surface area contributed by atoms with Gasteiger partial charge in [-0.05, 0) is 49.3 Å². The monoisotopic (exact) mass is 798 g/mol. The van der Waals surface area contributed by atoms with E-state index in [0.29, 0.717) is 28.0 Å². The van der Waals surface area contributed by atoms with Gasteiger partial charge in [0.25, 0.3) is 0 Å². The number of hydrogen-bond acceptors (Lipinski definition) is 6. The van der Waals surface area contributed by atoms with E-state index in [0.717, 1.165) is 43.2 Å². The van der Waals surface area contributed by atoms with Crippen molar-refractivity contribution in [3.63, 3.8) is 0 Å². The number of allylic oxidation sites excluding steroid dienone is 2. The summed E-state index contributed by atoms with van der Waals surface area (Å²) >= 11 is 6.88. The van der Waals surface area contributed by atoms with Gasteiger partial charge in [0.1, 0.15) is 24.9 Å². The highest BCUT2D eigenvalue weighted by Crippen LogP contribution is 2.45. The molecule has 0 aliphatic carbocycles. The van der Waals surface area contributed by atoms with Crippen LogP contribution in [0.5, 0.6) is 0 Å². The number of quaternary nitrogens is 1. The normalized spacial score (nSPS) is 13.9. The summed E-state index contributed by atoms with van der Waals surface area (Å²) < 4.78 is 37.0. The molecule has 1 N–H and O–H groups in total. The van der Waals surface area contributed by atoms with Gasteiger partial charge in [-0.15, -0.1) is 0 Å². The van der Waals surface area contributed by atoms with Crippen molar-refractivity contribution in [2.75, 3.05) is 47.5 Å². The maximum Gasteiger partial charge on any atom is 0.472 e. The first kappa shape index (κ1) is 46.6. The second kappa shape index (κ2) is 25.4. The number of hydrogen-bond donors (Lipinski definition) is 1. The highest BCUT2D eigenvalue weighted by molar-refractivity contribution is 7.47. The first-order chi connectivity index (χ1) is 26.5. The molecule has 1 unspecified atom stereocenters. The summed E-state index contributed by atoms with van der Waals surface area (Å²) in [6.45, 7) is 2.20. The maximum absolute atomic E-state index is 13.3. The number of esters is 1. The van der Waals surface area contributed by atoms with Crippen LogP contribution in [0.1, 0.15) is 114 Å². The first-order valence-corrected chi connectivity index (χ1v) is 22.1. The van der Waals surface area contributed by atoms with Crippen molar-refractivity contribution in [3.05, 3.63) is 119 Å². The molecule has 0 bridgehead atoms. The summed E-state index contributed by atoms with van der Waals surface area (Å²) in [7, 11) is 1.42. The third-order valence-electron chi connectivity index (χ3n) is 9.48. The summed E-state index contributed by atoms with van der Waals surface area (Å²) in [6.07, 6.45) is 18.9. The van der Waals surface area contributed by atoms with E-state index in [2.05, 4.69) is 19.1 Å². The number of phosphoric acid groups is 1. The number of likely N-dealkylation sites (N-methyl/N-ethyl adjacent to an activating group) is 1. The number of unbranched alkanes of at least 4 members (excludes halogenated alkanes) is 11. The highest BCUT2D eigenvalue weighted by atomic mass is 35.5. The van der Waals surface area contributed by atoms with Crippen molar-refractivity contribution in [2.45, 2.75) is 109 Å². The van der Waals surface area contributed by atoms with E-state index in [4.69, 9.17) is 30.1 Å². The van der Waals surface area contributed by atoms with Gasteiger partial charge in [0.15, 0.2) is 0 Å². The van der Waals surface area contributed by atoms with E-state index in [1.54, 1.807) is 0 Å². The number of halogens is 1. The smallest absolute Gasteiger partial charge is 0.457 e. The van der Waals surface area contributed by atoms with Gasteiger partial charge in [-0.25, -0.2) is 4.57 Å². The zero-order valence-electron chi connectivity index (χ0n) is 33.7. The quantitative estimate of drug-likeness (QED) is 0.0187. The third kappa shape index (κ3) is 17.9. The van der Waals surface area contributed by atoms with Gasteiger partial charge in [0.2, 0.25) is 0 Å². The Morgan fingerprint density at radius 3 is 1.84 bits per heavy atom. The van der Waals surface area contributed by atoms with Crippen molar-refractivity contribution in [1.82, 2.24) is 0 Å². The lowest BCUT2D eigenvalue weighted by atomic mass is 9.80. The average Bonchev–Trinajstić information content (AvgIpc) is 3.16. The summed E-state index contributed by atoms with van der Waals surface area (Å²) in [5, 5.41) is 0.495. The average molecular weight is 799 g/mol. The molecule has 8 nitrogen and oxygen atoms in total. The van der Waals surface area contributed by atoms with Gasteiger partial charge in [0, 0.05) is 17.0 Å². The molecule has 0 saturated heterocycles. The molecule has 0 saturated carbocycles. The topological polar surface area (TPSA) is 91.3 Å². The Morgan fingerprint density at radius 1 is 0.745 bits per heavy atom. The Balaban J connectivity index is 1.65. The fourth-order valence-electron chi connectivity index (χ4n) is 6.38. The molecule has 0 aliphatic rings. The van der Waals surface area contributed by atoms with E-state index in [9.17, 15) is 14.3 Å². The van der Waals surface area contributed by atoms with E-state index < -0.39 is 32.1 Å². The van der Waals surface area contributed by atoms with Crippen LogP contribution in [0.15, 0.2) is 97.1 Å². The van der Waals surface area contributed by atoms with Crippen LogP contribution in [0.2, 0.25) is 5.02 Å². The van der Waals surface area contributed by atoms with E-state index in [-0.39, 0.29) is 19.6 Å². The molecule has 10 heteroatoms. The molecule has 0 spiro atoms.